The van der Waals surface area contributed by atoms with E-state index in [4.69, 9.17) is 23.2 Å². The zero-order chi connectivity index (χ0) is 30.3. The molecular weight excluding hydrogens is 581 g/mol. The summed E-state index contributed by atoms with van der Waals surface area (Å²) in [6, 6.07) is 17.5. The molecule has 3 rings (SSSR count). The van der Waals surface area contributed by atoms with Gasteiger partial charge in [-0.2, -0.15) is 0 Å². The summed E-state index contributed by atoms with van der Waals surface area (Å²) in [6.07, 6.45) is 1.07. The fourth-order valence-electron chi connectivity index (χ4n) is 4.42. The summed E-state index contributed by atoms with van der Waals surface area (Å²) in [5.74, 6) is -0.828. The molecule has 0 aliphatic carbocycles. The molecule has 3 aromatic carbocycles. The van der Waals surface area contributed by atoms with Gasteiger partial charge in [0.1, 0.15) is 12.6 Å². The van der Waals surface area contributed by atoms with Crippen LogP contribution in [0.5, 0.6) is 0 Å². The first-order chi connectivity index (χ1) is 19.3. The number of amides is 2. The third-order valence-corrected chi connectivity index (χ3v) is 9.07. The Morgan fingerprint density at radius 2 is 1.51 bits per heavy atom. The molecule has 0 saturated carbocycles. The number of hydrogen-bond donors (Lipinski definition) is 1. The van der Waals surface area contributed by atoms with E-state index in [9.17, 15) is 18.0 Å². The number of carbonyl (C=O) groups excluding carboxylic acids is 2. The quantitative estimate of drug-likeness (QED) is 0.250. The van der Waals surface area contributed by atoms with Crippen LogP contribution in [0.3, 0.4) is 0 Å². The minimum Gasteiger partial charge on any atom is -0.352 e. The van der Waals surface area contributed by atoms with E-state index >= 15 is 0 Å². The van der Waals surface area contributed by atoms with Crippen LogP contribution < -0.4 is 9.62 Å². The van der Waals surface area contributed by atoms with Crippen LogP contribution in [0.25, 0.3) is 0 Å². The maximum Gasteiger partial charge on any atom is 0.264 e. The van der Waals surface area contributed by atoms with Crippen LogP contribution in [0, 0.1) is 13.8 Å². The highest BCUT2D eigenvalue weighted by atomic mass is 35.5. The molecule has 2 atom stereocenters. The highest BCUT2D eigenvalue weighted by molar-refractivity contribution is 7.92. The fraction of sp³-hybridized carbons (Fsp3) is 0.355. The first-order valence-corrected chi connectivity index (χ1v) is 15.8. The van der Waals surface area contributed by atoms with Gasteiger partial charge in [0.15, 0.2) is 0 Å². The normalized spacial score (nSPS) is 12.9. The average molecular weight is 619 g/mol. The van der Waals surface area contributed by atoms with Gasteiger partial charge in [0, 0.05) is 22.6 Å². The summed E-state index contributed by atoms with van der Waals surface area (Å²) in [4.78, 5) is 29.0. The van der Waals surface area contributed by atoms with Gasteiger partial charge in [-0.15, -0.1) is 0 Å². The van der Waals surface area contributed by atoms with E-state index in [1.165, 1.54) is 35.2 Å². The number of halogens is 2. The Kier molecular flexibility index (Phi) is 11.2. The lowest BCUT2D eigenvalue weighted by Crippen LogP contribution is -2.53. The molecule has 0 bridgehead atoms. The van der Waals surface area contributed by atoms with Crippen molar-refractivity contribution in [2.45, 2.75) is 71.0 Å². The number of benzene rings is 3. The van der Waals surface area contributed by atoms with Gasteiger partial charge in [0.2, 0.25) is 11.8 Å². The Morgan fingerprint density at radius 1 is 0.878 bits per heavy atom. The molecule has 7 nitrogen and oxygen atoms in total. The molecule has 0 aliphatic rings. The van der Waals surface area contributed by atoms with Crippen molar-refractivity contribution < 1.29 is 18.0 Å². The van der Waals surface area contributed by atoms with Crippen LogP contribution in [0.4, 0.5) is 5.69 Å². The van der Waals surface area contributed by atoms with E-state index in [0.29, 0.717) is 6.42 Å². The number of nitrogens with zero attached hydrogens (tertiary/aromatic N) is 2. The van der Waals surface area contributed by atoms with Crippen molar-refractivity contribution in [2.24, 2.45) is 0 Å². The zero-order valence-electron chi connectivity index (χ0n) is 24.0. The lowest BCUT2D eigenvalue weighted by atomic mass is 10.1. The Bertz CT molecular complexity index is 1460. The highest BCUT2D eigenvalue weighted by Crippen LogP contribution is 2.30. The Morgan fingerprint density at radius 3 is 2.07 bits per heavy atom. The Labute approximate surface area is 253 Å². The van der Waals surface area contributed by atoms with Crippen LogP contribution in [0.2, 0.25) is 10.0 Å². The van der Waals surface area contributed by atoms with Gasteiger partial charge in [-0.1, -0.05) is 84.6 Å². The van der Waals surface area contributed by atoms with Crippen LogP contribution >= 0.6 is 23.2 Å². The molecule has 0 saturated heterocycles. The third-order valence-electron chi connectivity index (χ3n) is 6.85. The summed E-state index contributed by atoms with van der Waals surface area (Å²) in [6.45, 7) is 9.05. The van der Waals surface area contributed by atoms with Gasteiger partial charge in [-0.25, -0.2) is 8.42 Å². The van der Waals surface area contributed by atoms with Crippen molar-refractivity contribution >= 4 is 50.7 Å². The van der Waals surface area contributed by atoms with E-state index < -0.39 is 28.5 Å². The molecule has 0 radical (unpaired) electrons. The second-order valence-corrected chi connectivity index (χ2v) is 12.9. The SMILES string of the molecule is CC[C@@H](C)NC(=O)[C@@H](CC)N(Cc1cccc(C)c1)C(=O)CN(c1cc(Cl)cc(Cl)c1)S(=O)(=O)c1ccc(C)cc1. The van der Waals surface area contributed by atoms with E-state index in [2.05, 4.69) is 5.32 Å². The second kappa shape index (κ2) is 14.2. The van der Waals surface area contributed by atoms with E-state index in [1.807, 2.05) is 58.9 Å². The Balaban J connectivity index is 2.09. The predicted octanol–water partition coefficient (Wildman–Crippen LogP) is 6.53. The molecule has 0 unspecified atom stereocenters. The Hall–Kier alpha value is -3.07. The number of aryl methyl sites for hydroxylation is 2. The number of anilines is 1. The lowest BCUT2D eigenvalue weighted by Gasteiger charge is -2.34. The summed E-state index contributed by atoms with van der Waals surface area (Å²) in [5, 5.41) is 3.42. The molecule has 0 heterocycles. The lowest BCUT2D eigenvalue weighted by molar-refractivity contribution is -0.140. The van der Waals surface area contributed by atoms with Crippen LogP contribution in [0.1, 0.15) is 50.3 Å². The maximum absolute atomic E-state index is 14.2. The monoisotopic (exact) mass is 617 g/mol. The predicted molar refractivity (Wildman–Crippen MR) is 166 cm³/mol. The van der Waals surface area contributed by atoms with Crippen molar-refractivity contribution in [1.82, 2.24) is 10.2 Å². The van der Waals surface area contributed by atoms with Gasteiger partial charge >= 0.3 is 0 Å². The first kappa shape index (κ1) is 32.4. The van der Waals surface area contributed by atoms with E-state index in [0.717, 1.165) is 27.4 Å². The summed E-state index contributed by atoms with van der Waals surface area (Å²) in [5.41, 5.74) is 2.86. The second-order valence-electron chi connectivity index (χ2n) is 10.2. The number of rotatable bonds is 12. The molecule has 0 fully saturated rings. The van der Waals surface area contributed by atoms with Crippen molar-refractivity contribution in [2.75, 3.05) is 10.8 Å². The van der Waals surface area contributed by atoms with Crippen molar-refractivity contribution in [3.8, 4) is 0 Å². The fourth-order valence-corrected chi connectivity index (χ4v) is 6.33. The van der Waals surface area contributed by atoms with Gasteiger partial charge in [-0.3, -0.25) is 13.9 Å². The topological polar surface area (TPSA) is 86.8 Å². The minimum absolute atomic E-state index is 0.0128. The van der Waals surface area contributed by atoms with Crippen LogP contribution in [0.15, 0.2) is 71.6 Å². The van der Waals surface area contributed by atoms with Gasteiger partial charge in [0.05, 0.1) is 10.6 Å². The van der Waals surface area contributed by atoms with Crippen molar-refractivity contribution in [1.29, 1.82) is 0 Å². The van der Waals surface area contributed by atoms with E-state index in [1.54, 1.807) is 12.1 Å². The maximum atomic E-state index is 14.2. The molecule has 3 aromatic rings. The molecule has 220 valence electrons. The average Bonchev–Trinajstić information content (AvgIpc) is 2.91. The number of carbonyl (C=O) groups is 2. The van der Waals surface area contributed by atoms with Crippen molar-refractivity contribution in [3.63, 3.8) is 0 Å². The van der Waals surface area contributed by atoms with Crippen LogP contribution in [-0.2, 0) is 26.2 Å². The smallest absolute Gasteiger partial charge is 0.264 e. The van der Waals surface area contributed by atoms with Gasteiger partial charge in [0.25, 0.3) is 10.0 Å². The molecule has 1 N–H and O–H groups in total. The molecular formula is C31H37Cl2N3O4S. The van der Waals surface area contributed by atoms with E-state index in [-0.39, 0.29) is 39.1 Å². The molecule has 2 amide bonds. The molecule has 41 heavy (non-hydrogen) atoms. The zero-order valence-corrected chi connectivity index (χ0v) is 26.4. The largest absolute Gasteiger partial charge is 0.352 e. The standard InChI is InChI=1S/C31H37Cl2N3O4S/c1-6-23(5)34-31(38)29(7-2)35(19-24-10-8-9-22(4)15-24)30(37)20-36(27-17-25(32)16-26(33)18-27)41(39,40)28-13-11-21(3)12-14-28/h8-18,23,29H,6-7,19-20H2,1-5H3,(H,34,38)/t23-,29-/m1/s1. The summed E-state index contributed by atoms with van der Waals surface area (Å²) in [7, 11) is -4.22. The first-order valence-electron chi connectivity index (χ1n) is 13.6. The minimum atomic E-state index is -4.22. The molecule has 0 aliphatic heterocycles. The molecule has 0 aromatic heterocycles. The highest BCUT2D eigenvalue weighted by Gasteiger charge is 2.34. The summed E-state index contributed by atoms with van der Waals surface area (Å²) < 4.78 is 29.0. The number of hydrogen-bond acceptors (Lipinski definition) is 4. The van der Waals surface area contributed by atoms with Gasteiger partial charge in [-0.05, 0) is 69.5 Å². The number of sulfonamides is 1. The third kappa shape index (κ3) is 8.47. The molecule has 10 heteroatoms. The van der Waals surface area contributed by atoms with Gasteiger partial charge < -0.3 is 10.2 Å². The summed E-state index contributed by atoms with van der Waals surface area (Å²) >= 11 is 12.5. The number of nitrogens with one attached hydrogen (secondary N) is 1. The van der Waals surface area contributed by atoms with Crippen molar-refractivity contribution in [3.05, 3.63) is 93.5 Å². The molecule has 0 spiro atoms. The van der Waals surface area contributed by atoms with Crippen LogP contribution in [-0.4, -0.2) is 43.8 Å².